The minimum Gasteiger partial charge on any atom is -0.316 e. The molecule has 2 aliphatic rings. The summed E-state index contributed by atoms with van der Waals surface area (Å²) in [5, 5.41) is 3.50. The molecule has 3 nitrogen and oxygen atoms in total. The number of nitrogens with zero attached hydrogens (tertiary/aromatic N) is 2. The van der Waals surface area contributed by atoms with Crippen LogP contribution in [0.2, 0.25) is 0 Å². The van der Waals surface area contributed by atoms with Crippen LogP contribution in [0.5, 0.6) is 0 Å². The summed E-state index contributed by atoms with van der Waals surface area (Å²) in [7, 11) is 0. The minimum absolute atomic E-state index is 0.944. The number of hydrogen-bond acceptors (Lipinski definition) is 3. The molecule has 1 aromatic rings. The SMILES string of the molecule is Cc1ccc(CN2CCC(C3CCNC3)CC2)nc1. The maximum absolute atomic E-state index is 4.52. The van der Waals surface area contributed by atoms with Gasteiger partial charge < -0.3 is 5.32 Å². The second-order valence-corrected chi connectivity index (χ2v) is 6.19. The van der Waals surface area contributed by atoms with Gasteiger partial charge >= 0.3 is 0 Å². The van der Waals surface area contributed by atoms with Crippen molar-refractivity contribution in [2.75, 3.05) is 26.2 Å². The zero-order valence-electron chi connectivity index (χ0n) is 11.9. The van der Waals surface area contributed by atoms with Crippen LogP contribution in [-0.4, -0.2) is 36.1 Å². The van der Waals surface area contributed by atoms with Crippen molar-refractivity contribution in [2.24, 2.45) is 11.8 Å². The summed E-state index contributed by atoms with van der Waals surface area (Å²) in [6.45, 7) is 8.10. The van der Waals surface area contributed by atoms with Crippen LogP contribution in [0, 0.1) is 18.8 Å². The average molecular weight is 259 g/mol. The van der Waals surface area contributed by atoms with Crippen molar-refractivity contribution < 1.29 is 0 Å². The Bertz CT molecular complexity index is 387. The van der Waals surface area contributed by atoms with Crippen LogP contribution in [0.15, 0.2) is 18.3 Å². The third-order valence-corrected chi connectivity index (χ3v) is 4.76. The van der Waals surface area contributed by atoms with Crippen LogP contribution >= 0.6 is 0 Å². The lowest BCUT2D eigenvalue weighted by Crippen LogP contribution is -2.36. The van der Waals surface area contributed by atoms with Crippen LogP contribution in [0.4, 0.5) is 0 Å². The van der Waals surface area contributed by atoms with E-state index in [1.165, 1.54) is 56.7 Å². The Kier molecular flexibility index (Phi) is 4.14. The quantitative estimate of drug-likeness (QED) is 0.902. The highest BCUT2D eigenvalue weighted by atomic mass is 15.1. The molecule has 0 saturated carbocycles. The van der Waals surface area contributed by atoms with E-state index >= 15 is 0 Å². The van der Waals surface area contributed by atoms with Crippen molar-refractivity contribution in [3.63, 3.8) is 0 Å². The summed E-state index contributed by atoms with van der Waals surface area (Å²) in [6.07, 6.45) is 6.12. The third-order valence-electron chi connectivity index (χ3n) is 4.76. The molecule has 3 heteroatoms. The Balaban J connectivity index is 1.48. The van der Waals surface area contributed by atoms with Crippen molar-refractivity contribution in [3.05, 3.63) is 29.6 Å². The van der Waals surface area contributed by atoms with E-state index in [0.29, 0.717) is 0 Å². The molecule has 104 valence electrons. The maximum Gasteiger partial charge on any atom is 0.0544 e. The Labute approximate surface area is 116 Å². The number of aryl methyl sites for hydroxylation is 1. The molecule has 0 aromatic carbocycles. The highest BCUT2D eigenvalue weighted by Gasteiger charge is 2.28. The Morgan fingerprint density at radius 1 is 1.21 bits per heavy atom. The fraction of sp³-hybridized carbons (Fsp3) is 0.688. The molecule has 0 bridgehead atoms. The average Bonchev–Trinajstić information content (AvgIpc) is 2.96. The molecule has 19 heavy (non-hydrogen) atoms. The molecule has 1 aromatic heterocycles. The summed E-state index contributed by atoms with van der Waals surface area (Å²) in [4.78, 5) is 7.08. The van der Waals surface area contributed by atoms with Crippen molar-refractivity contribution in [1.82, 2.24) is 15.2 Å². The van der Waals surface area contributed by atoms with Crippen molar-refractivity contribution >= 4 is 0 Å². The molecular formula is C16H25N3. The zero-order valence-corrected chi connectivity index (χ0v) is 11.9. The largest absolute Gasteiger partial charge is 0.316 e. The molecule has 3 heterocycles. The Morgan fingerprint density at radius 2 is 2.05 bits per heavy atom. The molecule has 0 amide bonds. The van der Waals surface area contributed by atoms with Gasteiger partial charge in [0.25, 0.3) is 0 Å². The van der Waals surface area contributed by atoms with Gasteiger partial charge in [-0.3, -0.25) is 9.88 Å². The number of pyridine rings is 1. The molecule has 2 aliphatic heterocycles. The second kappa shape index (κ2) is 6.02. The smallest absolute Gasteiger partial charge is 0.0544 e. The van der Waals surface area contributed by atoms with Crippen LogP contribution < -0.4 is 5.32 Å². The number of hydrogen-bond donors (Lipinski definition) is 1. The number of aromatic nitrogens is 1. The molecule has 2 saturated heterocycles. The summed E-state index contributed by atoms with van der Waals surface area (Å²) in [5.41, 5.74) is 2.46. The lowest BCUT2D eigenvalue weighted by atomic mass is 9.84. The lowest BCUT2D eigenvalue weighted by Gasteiger charge is -2.34. The van der Waals surface area contributed by atoms with Crippen LogP contribution in [0.25, 0.3) is 0 Å². The molecule has 2 fully saturated rings. The summed E-state index contributed by atoms with van der Waals surface area (Å²) in [5.74, 6) is 1.90. The standard InChI is InChI=1S/C16H25N3/c1-13-2-3-16(18-10-13)12-19-8-5-14(6-9-19)15-4-7-17-11-15/h2-3,10,14-15,17H,4-9,11-12H2,1H3. The van der Waals surface area contributed by atoms with E-state index in [4.69, 9.17) is 0 Å². The number of rotatable bonds is 3. The summed E-state index contributed by atoms with van der Waals surface area (Å²) >= 11 is 0. The molecule has 1 N–H and O–H groups in total. The second-order valence-electron chi connectivity index (χ2n) is 6.19. The van der Waals surface area contributed by atoms with Crippen LogP contribution in [0.3, 0.4) is 0 Å². The predicted molar refractivity (Wildman–Crippen MR) is 78.0 cm³/mol. The van der Waals surface area contributed by atoms with Crippen molar-refractivity contribution in [3.8, 4) is 0 Å². The molecule has 0 radical (unpaired) electrons. The van der Waals surface area contributed by atoms with E-state index in [1.54, 1.807) is 0 Å². The van der Waals surface area contributed by atoms with Gasteiger partial charge in [-0.05, 0) is 75.8 Å². The Morgan fingerprint density at radius 3 is 2.68 bits per heavy atom. The van der Waals surface area contributed by atoms with E-state index < -0.39 is 0 Å². The number of nitrogens with one attached hydrogen (secondary N) is 1. The summed E-state index contributed by atoms with van der Waals surface area (Å²) < 4.78 is 0. The van der Waals surface area contributed by atoms with Crippen LogP contribution in [0.1, 0.15) is 30.5 Å². The minimum atomic E-state index is 0.944. The van der Waals surface area contributed by atoms with Gasteiger partial charge in [0.15, 0.2) is 0 Å². The van der Waals surface area contributed by atoms with Gasteiger partial charge in [-0.15, -0.1) is 0 Å². The van der Waals surface area contributed by atoms with Gasteiger partial charge in [0, 0.05) is 12.7 Å². The van der Waals surface area contributed by atoms with E-state index in [-0.39, 0.29) is 0 Å². The van der Waals surface area contributed by atoms with Crippen molar-refractivity contribution in [2.45, 2.75) is 32.7 Å². The molecular weight excluding hydrogens is 234 g/mol. The molecule has 3 rings (SSSR count). The first-order valence-electron chi connectivity index (χ1n) is 7.66. The monoisotopic (exact) mass is 259 g/mol. The normalized spacial score (nSPS) is 25.8. The highest BCUT2D eigenvalue weighted by Crippen LogP contribution is 2.29. The molecule has 0 spiro atoms. The molecule has 0 aliphatic carbocycles. The topological polar surface area (TPSA) is 28.2 Å². The van der Waals surface area contributed by atoms with Gasteiger partial charge in [-0.2, -0.15) is 0 Å². The summed E-state index contributed by atoms with van der Waals surface area (Å²) in [6, 6.07) is 4.33. The van der Waals surface area contributed by atoms with Gasteiger partial charge in [0.1, 0.15) is 0 Å². The van der Waals surface area contributed by atoms with Gasteiger partial charge in [-0.25, -0.2) is 0 Å². The third kappa shape index (κ3) is 3.34. The highest BCUT2D eigenvalue weighted by molar-refractivity contribution is 5.12. The Hall–Kier alpha value is -0.930. The number of likely N-dealkylation sites (tertiary alicyclic amines) is 1. The lowest BCUT2D eigenvalue weighted by molar-refractivity contribution is 0.145. The number of piperidine rings is 1. The first kappa shape index (κ1) is 13.1. The predicted octanol–water partition coefficient (Wildman–Crippen LogP) is 2.21. The van der Waals surface area contributed by atoms with E-state index in [2.05, 4.69) is 34.3 Å². The van der Waals surface area contributed by atoms with E-state index in [9.17, 15) is 0 Å². The zero-order chi connectivity index (χ0) is 13.1. The van der Waals surface area contributed by atoms with E-state index in [0.717, 1.165) is 18.4 Å². The fourth-order valence-corrected chi connectivity index (χ4v) is 3.48. The first-order valence-corrected chi connectivity index (χ1v) is 7.66. The first-order chi connectivity index (χ1) is 9.31. The van der Waals surface area contributed by atoms with Gasteiger partial charge in [0.2, 0.25) is 0 Å². The van der Waals surface area contributed by atoms with Gasteiger partial charge in [0.05, 0.1) is 5.69 Å². The fourth-order valence-electron chi connectivity index (χ4n) is 3.48. The molecule has 1 atom stereocenters. The molecule has 1 unspecified atom stereocenters. The van der Waals surface area contributed by atoms with Gasteiger partial charge in [-0.1, -0.05) is 6.07 Å². The van der Waals surface area contributed by atoms with Crippen LogP contribution in [-0.2, 0) is 6.54 Å². The van der Waals surface area contributed by atoms with Crippen molar-refractivity contribution in [1.29, 1.82) is 0 Å². The maximum atomic E-state index is 4.52. The van der Waals surface area contributed by atoms with E-state index in [1.807, 2.05) is 6.20 Å².